The van der Waals surface area contributed by atoms with Crippen molar-refractivity contribution in [2.75, 3.05) is 26.4 Å². The average molecular weight is 508 g/mol. The minimum atomic E-state index is -0.769. The molecule has 2 heterocycles. The molecule has 2 aliphatic heterocycles. The highest BCUT2D eigenvalue weighted by molar-refractivity contribution is 5.95. The number of aromatic hydroxyl groups is 2. The van der Waals surface area contributed by atoms with Crippen LogP contribution in [0.2, 0.25) is 0 Å². The highest BCUT2D eigenvalue weighted by Gasteiger charge is 2.32. The summed E-state index contributed by atoms with van der Waals surface area (Å²) in [5.41, 5.74) is 3.26. The molecule has 0 spiro atoms. The van der Waals surface area contributed by atoms with Gasteiger partial charge in [0, 0.05) is 41.3 Å². The van der Waals surface area contributed by atoms with Gasteiger partial charge in [-0.25, -0.2) is 4.39 Å². The summed E-state index contributed by atoms with van der Waals surface area (Å²) in [7, 11) is 0. The summed E-state index contributed by atoms with van der Waals surface area (Å²) in [6, 6.07) is 16.4. The number of likely N-dealkylation sites (tertiary alicyclic amines) is 1. The molecule has 3 aromatic rings. The number of hydrogen-bond donors (Lipinski definition) is 2. The topological polar surface area (TPSA) is 62.2 Å². The van der Waals surface area contributed by atoms with Crippen LogP contribution in [0, 0.1) is 11.7 Å². The highest BCUT2D eigenvalue weighted by Crippen LogP contribution is 2.48. The lowest BCUT2D eigenvalue weighted by Crippen LogP contribution is -2.35. The van der Waals surface area contributed by atoms with Crippen LogP contribution in [-0.2, 0) is 0 Å². The summed E-state index contributed by atoms with van der Waals surface area (Å²) in [5, 5.41) is 20.1. The van der Waals surface area contributed by atoms with E-state index in [1.54, 1.807) is 42.5 Å². The Labute approximate surface area is 215 Å². The number of allylic oxidation sites excluding steroid dienone is 1. The quantitative estimate of drug-likeness (QED) is 0.390. The van der Waals surface area contributed by atoms with Gasteiger partial charge < -0.3 is 19.7 Å². The third-order valence-corrected chi connectivity index (χ3v) is 7.34. The van der Waals surface area contributed by atoms with Crippen molar-refractivity contribution in [3.8, 4) is 23.0 Å². The van der Waals surface area contributed by atoms with Crippen molar-refractivity contribution in [1.82, 2.24) is 4.90 Å². The molecule has 37 heavy (non-hydrogen) atoms. The zero-order valence-corrected chi connectivity index (χ0v) is 21.0. The second-order valence-electron chi connectivity index (χ2n) is 9.91. The Kier molecular flexibility index (Phi) is 7.07. The van der Waals surface area contributed by atoms with Crippen LogP contribution in [0.25, 0.3) is 11.1 Å². The Hall–Kier alpha value is -3.58. The number of ether oxygens (including phenoxy) is 2. The Morgan fingerprint density at radius 1 is 1.08 bits per heavy atom. The molecule has 1 unspecified atom stereocenters. The van der Waals surface area contributed by atoms with Gasteiger partial charge in [0.25, 0.3) is 0 Å². The van der Waals surface area contributed by atoms with Crippen LogP contribution in [0.3, 0.4) is 0 Å². The van der Waals surface area contributed by atoms with Crippen LogP contribution < -0.4 is 9.47 Å². The zero-order chi connectivity index (χ0) is 26.1. The molecular weight excluding hydrogens is 476 g/mol. The number of phenols is 2. The molecule has 1 fully saturated rings. The molecule has 7 heteroatoms. The van der Waals surface area contributed by atoms with Gasteiger partial charge >= 0.3 is 0 Å². The van der Waals surface area contributed by atoms with Crippen molar-refractivity contribution in [3.63, 3.8) is 0 Å². The number of fused-ring (bicyclic) bond motifs is 1. The number of halogens is 2. The van der Waals surface area contributed by atoms with Gasteiger partial charge in [-0.1, -0.05) is 12.1 Å². The summed E-state index contributed by atoms with van der Waals surface area (Å²) < 4.78 is 40.7. The van der Waals surface area contributed by atoms with Crippen molar-refractivity contribution in [3.05, 3.63) is 83.2 Å². The van der Waals surface area contributed by atoms with E-state index in [1.807, 2.05) is 19.9 Å². The van der Waals surface area contributed by atoms with Gasteiger partial charge in [0.15, 0.2) is 6.10 Å². The Morgan fingerprint density at radius 2 is 1.89 bits per heavy atom. The smallest absolute Gasteiger partial charge is 0.153 e. The molecule has 3 aromatic carbocycles. The fourth-order valence-electron chi connectivity index (χ4n) is 5.22. The maximum atomic E-state index is 15.6. The summed E-state index contributed by atoms with van der Waals surface area (Å²) in [6.07, 6.45) is 0.0806. The molecule has 2 aliphatic rings. The standard InChI is InChI=1S/C30H31F2NO4/c1-18(33-11-10-20(15-31)16-33)17-36-24-7-8-25(27(32)14-24)30-29(21-4-3-5-22(34)12-21)19(2)26-13-23(35)6-9-28(26)37-30/h3-9,12-14,18,20,30,34-35H,10-11,15-17H2,1-2H3/t18-,20-,30?/m0/s1. The number of hydrogen-bond acceptors (Lipinski definition) is 5. The predicted molar refractivity (Wildman–Crippen MR) is 139 cm³/mol. The summed E-state index contributed by atoms with van der Waals surface area (Å²) in [5.74, 6) is 0.756. The molecule has 5 rings (SSSR count). The minimum Gasteiger partial charge on any atom is -0.508 e. The molecule has 0 saturated carbocycles. The Bertz CT molecular complexity index is 1320. The van der Waals surface area contributed by atoms with Gasteiger partial charge in [-0.15, -0.1) is 0 Å². The van der Waals surface area contributed by atoms with E-state index in [2.05, 4.69) is 4.90 Å². The average Bonchev–Trinajstić information content (AvgIpc) is 3.37. The maximum Gasteiger partial charge on any atom is 0.153 e. The Morgan fingerprint density at radius 3 is 2.62 bits per heavy atom. The van der Waals surface area contributed by atoms with Crippen molar-refractivity contribution in [2.24, 2.45) is 5.92 Å². The molecule has 0 radical (unpaired) electrons. The Balaban J connectivity index is 1.42. The first-order chi connectivity index (χ1) is 17.8. The van der Waals surface area contributed by atoms with Crippen LogP contribution in [0.4, 0.5) is 8.78 Å². The van der Waals surface area contributed by atoms with E-state index in [1.165, 1.54) is 12.1 Å². The van der Waals surface area contributed by atoms with Crippen LogP contribution in [-0.4, -0.2) is 47.5 Å². The van der Waals surface area contributed by atoms with Crippen molar-refractivity contribution < 1.29 is 28.5 Å². The van der Waals surface area contributed by atoms with E-state index in [-0.39, 0.29) is 30.1 Å². The van der Waals surface area contributed by atoms with E-state index < -0.39 is 11.9 Å². The number of rotatable bonds is 7. The number of phenolic OH excluding ortho intramolecular Hbond substituents is 2. The normalized spacial score (nSPS) is 20.4. The van der Waals surface area contributed by atoms with Gasteiger partial charge in [0.1, 0.15) is 35.4 Å². The SMILES string of the molecule is CC1=C(c2cccc(O)c2)C(c2ccc(OC[C@H](C)N3CC[C@@H](CF)C3)cc2F)Oc2ccc(O)cc21. The van der Waals surface area contributed by atoms with Gasteiger partial charge in [-0.05, 0) is 80.4 Å². The molecule has 194 valence electrons. The lowest BCUT2D eigenvalue weighted by molar-refractivity contribution is 0.165. The van der Waals surface area contributed by atoms with Crippen molar-refractivity contribution >= 4 is 11.1 Å². The van der Waals surface area contributed by atoms with Crippen LogP contribution in [0.1, 0.15) is 43.1 Å². The second kappa shape index (κ2) is 10.4. The monoisotopic (exact) mass is 507 g/mol. The third kappa shape index (κ3) is 5.14. The summed E-state index contributed by atoms with van der Waals surface area (Å²) in [6.45, 7) is 5.57. The first kappa shape index (κ1) is 25.1. The number of alkyl halides is 1. The molecule has 1 saturated heterocycles. The van der Waals surface area contributed by atoms with Gasteiger partial charge in [-0.3, -0.25) is 9.29 Å². The van der Waals surface area contributed by atoms with E-state index in [0.717, 1.165) is 25.1 Å². The highest BCUT2D eigenvalue weighted by atomic mass is 19.1. The fraction of sp³-hybridized carbons (Fsp3) is 0.333. The molecular formula is C30H31F2NO4. The fourth-order valence-corrected chi connectivity index (χ4v) is 5.22. The predicted octanol–water partition coefficient (Wildman–Crippen LogP) is 6.36. The maximum absolute atomic E-state index is 15.6. The first-order valence-electron chi connectivity index (χ1n) is 12.6. The summed E-state index contributed by atoms with van der Waals surface area (Å²) >= 11 is 0. The summed E-state index contributed by atoms with van der Waals surface area (Å²) in [4.78, 5) is 2.20. The molecule has 2 N–H and O–H groups in total. The van der Waals surface area contributed by atoms with E-state index in [4.69, 9.17) is 9.47 Å². The van der Waals surface area contributed by atoms with Gasteiger partial charge in [-0.2, -0.15) is 0 Å². The van der Waals surface area contributed by atoms with Crippen molar-refractivity contribution in [2.45, 2.75) is 32.4 Å². The van der Waals surface area contributed by atoms with E-state index in [9.17, 15) is 14.6 Å². The second-order valence-corrected chi connectivity index (χ2v) is 9.91. The van der Waals surface area contributed by atoms with E-state index >= 15 is 4.39 Å². The molecule has 3 atom stereocenters. The molecule has 0 amide bonds. The van der Waals surface area contributed by atoms with Crippen LogP contribution in [0.5, 0.6) is 23.0 Å². The molecule has 0 aliphatic carbocycles. The van der Waals surface area contributed by atoms with Gasteiger partial charge in [0.2, 0.25) is 0 Å². The lowest BCUT2D eigenvalue weighted by atomic mass is 9.86. The molecule has 0 bridgehead atoms. The molecule has 0 aromatic heterocycles. The molecule has 5 nitrogen and oxygen atoms in total. The van der Waals surface area contributed by atoms with Gasteiger partial charge in [0.05, 0.1) is 6.67 Å². The third-order valence-electron chi connectivity index (χ3n) is 7.34. The minimum absolute atomic E-state index is 0.0843. The largest absolute Gasteiger partial charge is 0.508 e. The van der Waals surface area contributed by atoms with Crippen LogP contribution in [0.15, 0.2) is 60.7 Å². The zero-order valence-electron chi connectivity index (χ0n) is 21.0. The number of nitrogens with zero attached hydrogens (tertiary/aromatic N) is 1. The first-order valence-corrected chi connectivity index (χ1v) is 12.6. The van der Waals surface area contributed by atoms with Crippen LogP contribution >= 0.6 is 0 Å². The van der Waals surface area contributed by atoms with E-state index in [0.29, 0.717) is 40.4 Å². The lowest BCUT2D eigenvalue weighted by Gasteiger charge is -2.31. The van der Waals surface area contributed by atoms with Crippen molar-refractivity contribution in [1.29, 1.82) is 0 Å². The number of benzene rings is 3.